The smallest absolute Gasteiger partial charge is 0.199 e. The number of methoxy groups -OCH3 is 3. The first-order chi connectivity index (χ1) is 9.13. The lowest BCUT2D eigenvalue weighted by molar-refractivity contribution is 0.0721. The fourth-order valence-corrected chi connectivity index (χ4v) is 1.81. The lowest BCUT2D eigenvalue weighted by Gasteiger charge is -2.12. The van der Waals surface area contributed by atoms with Gasteiger partial charge in [-0.05, 0) is 11.1 Å². The zero-order valence-electron chi connectivity index (χ0n) is 11.4. The van der Waals surface area contributed by atoms with E-state index < -0.39 is 12.0 Å². The topological polar surface area (TPSA) is 44.8 Å². The van der Waals surface area contributed by atoms with Gasteiger partial charge in [-0.15, -0.1) is 0 Å². The molecule has 106 valence electrons. The standard InChI is InChI=1S/C14H19FO4/c1-17-7-10-4-5-12(11(6-10)8-18-2)14(16)13(15)9-19-3/h4-6,13H,7-9H2,1-3H3. The highest BCUT2D eigenvalue weighted by Crippen LogP contribution is 2.17. The van der Waals surface area contributed by atoms with Crippen LogP contribution in [0, 0.1) is 0 Å². The van der Waals surface area contributed by atoms with E-state index >= 15 is 0 Å². The SMILES string of the molecule is COCc1ccc(C(=O)C(F)COC)c(COC)c1. The minimum atomic E-state index is -1.66. The number of carbonyl (C=O) groups is 1. The predicted molar refractivity (Wildman–Crippen MR) is 69.0 cm³/mol. The number of ketones is 1. The average molecular weight is 270 g/mol. The second-order valence-electron chi connectivity index (χ2n) is 4.14. The van der Waals surface area contributed by atoms with E-state index in [1.165, 1.54) is 14.2 Å². The van der Waals surface area contributed by atoms with Gasteiger partial charge in [0.2, 0.25) is 0 Å². The summed E-state index contributed by atoms with van der Waals surface area (Å²) < 4.78 is 28.3. The molecular formula is C14H19FO4. The Balaban J connectivity index is 3.01. The van der Waals surface area contributed by atoms with Crippen LogP contribution in [-0.4, -0.2) is 39.9 Å². The molecule has 0 radical (unpaired) electrons. The van der Waals surface area contributed by atoms with Crippen molar-refractivity contribution < 1.29 is 23.4 Å². The summed E-state index contributed by atoms with van der Waals surface area (Å²) in [4.78, 5) is 12.0. The van der Waals surface area contributed by atoms with Crippen LogP contribution in [0.3, 0.4) is 0 Å². The summed E-state index contributed by atoms with van der Waals surface area (Å²) >= 11 is 0. The molecule has 0 amide bonds. The number of halogens is 1. The Morgan fingerprint density at radius 2 is 1.84 bits per heavy atom. The third-order valence-corrected chi connectivity index (χ3v) is 2.64. The Hall–Kier alpha value is -1.30. The number of benzene rings is 1. The third-order valence-electron chi connectivity index (χ3n) is 2.64. The van der Waals surface area contributed by atoms with Crippen molar-refractivity contribution >= 4 is 5.78 Å². The van der Waals surface area contributed by atoms with Gasteiger partial charge >= 0.3 is 0 Å². The zero-order valence-corrected chi connectivity index (χ0v) is 11.4. The molecule has 0 aromatic heterocycles. The summed E-state index contributed by atoms with van der Waals surface area (Å²) in [5.41, 5.74) is 1.89. The molecule has 0 aliphatic rings. The number of ether oxygens (including phenoxy) is 3. The van der Waals surface area contributed by atoms with Crippen LogP contribution in [0.2, 0.25) is 0 Å². The van der Waals surface area contributed by atoms with Gasteiger partial charge < -0.3 is 14.2 Å². The number of Topliss-reactive ketones (excluding diaryl/α,β-unsaturated/α-hetero) is 1. The summed E-state index contributed by atoms with van der Waals surface area (Å²) in [5, 5.41) is 0. The summed E-state index contributed by atoms with van der Waals surface area (Å²) in [6.07, 6.45) is -1.66. The Bertz CT molecular complexity index is 420. The summed E-state index contributed by atoms with van der Waals surface area (Å²) in [6, 6.07) is 5.14. The number of hydrogen-bond acceptors (Lipinski definition) is 4. The van der Waals surface area contributed by atoms with Crippen molar-refractivity contribution in [2.45, 2.75) is 19.4 Å². The maximum Gasteiger partial charge on any atom is 0.199 e. The molecular weight excluding hydrogens is 251 g/mol. The van der Waals surface area contributed by atoms with E-state index in [1.54, 1.807) is 25.3 Å². The summed E-state index contributed by atoms with van der Waals surface area (Å²) in [5.74, 6) is -0.585. The molecule has 0 saturated carbocycles. The van der Waals surface area contributed by atoms with Gasteiger partial charge in [-0.2, -0.15) is 0 Å². The normalized spacial score (nSPS) is 12.4. The van der Waals surface area contributed by atoms with Crippen molar-refractivity contribution in [2.24, 2.45) is 0 Å². The first-order valence-corrected chi connectivity index (χ1v) is 5.91. The first-order valence-electron chi connectivity index (χ1n) is 5.91. The highest BCUT2D eigenvalue weighted by molar-refractivity contribution is 6.00. The maximum absolute atomic E-state index is 13.6. The third kappa shape index (κ3) is 4.38. The molecule has 1 rings (SSSR count). The molecule has 0 aliphatic heterocycles. The van der Waals surface area contributed by atoms with Crippen molar-refractivity contribution in [1.82, 2.24) is 0 Å². The van der Waals surface area contributed by atoms with Crippen LogP contribution in [0.1, 0.15) is 21.5 Å². The highest BCUT2D eigenvalue weighted by atomic mass is 19.1. The van der Waals surface area contributed by atoms with E-state index in [0.29, 0.717) is 17.7 Å². The fraction of sp³-hybridized carbons (Fsp3) is 0.500. The monoisotopic (exact) mass is 270 g/mol. The van der Waals surface area contributed by atoms with E-state index in [0.717, 1.165) is 5.56 Å². The zero-order chi connectivity index (χ0) is 14.3. The van der Waals surface area contributed by atoms with Gasteiger partial charge in [0.25, 0.3) is 0 Å². The molecule has 4 nitrogen and oxygen atoms in total. The minimum absolute atomic E-state index is 0.245. The van der Waals surface area contributed by atoms with Crippen molar-refractivity contribution in [3.8, 4) is 0 Å². The molecule has 19 heavy (non-hydrogen) atoms. The molecule has 0 spiro atoms. The van der Waals surface area contributed by atoms with Crippen LogP contribution in [0.5, 0.6) is 0 Å². The lowest BCUT2D eigenvalue weighted by atomic mass is 9.99. The second-order valence-corrected chi connectivity index (χ2v) is 4.14. The molecule has 5 heteroatoms. The van der Waals surface area contributed by atoms with Gasteiger partial charge in [0, 0.05) is 26.9 Å². The number of alkyl halides is 1. The molecule has 0 fully saturated rings. The number of carbonyl (C=O) groups excluding carboxylic acids is 1. The second kappa shape index (κ2) is 7.99. The Labute approximate surface area is 112 Å². The van der Waals surface area contributed by atoms with Crippen LogP contribution in [0.15, 0.2) is 18.2 Å². The first kappa shape index (κ1) is 15.8. The molecule has 1 aromatic carbocycles. The number of hydrogen-bond donors (Lipinski definition) is 0. The molecule has 0 aliphatic carbocycles. The molecule has 1 unspecified atom stereocenters. The molecule has 1 aromatic rings. The van der Waals surface area contributed by atoms with E-state index in [-0.39, 0.29) is 13.2 Å². The highest BCUT2D eigenvalue weighted by Gasteiger charge is 2.21. The van der Waals surface area contributed by atoms with Crippen LogP contribution >= 0.6 is 0 Å². The Morgan fingerprint density at radius 1 is 1.16 bits per heavy atom. The Kier molecular flexibility index (Phi) is 6.62. The largest absolute Gasteiger partial charge is 0.381 e. The average Bonchev–Trinajstić information content (AvgIpc) is 2.39. The van der Waals surface area contributed by atoms with Crippen molar-refractivity contribution in [1.29, 1.82) is 0 Å². The van der Waals surface area contributed by atoms with Gasteiger partial charge in [-0.3, -0.25) is 4.79 Å². The van der Waals surface area contributed by atoms with Crippen molar-refractivity contribution in [3.63, 3.8) is 0 Å². The van der Waals surface area contributed by atoms with Gasteiger partial charge in [-0.25, -0.2) is 4.39 Å². The van der Waals surface area contributed by atoms with E-state index in [4.69, 9.17) is 9.47 Å². The van der Waals surface area contributed by atoms with Crippen molar-refractivity contribution in [2.75, 3.05) is 27.9 Å². The Morgan fingerprint density at radius 3 is 2.42 bits per heavy atom. The van der Waals surface area contributed by atoms with Gasteiger partial charge in [0.15, 0.2) is 12.0 Å². The van der Waals surface area contributed by atoms with E-state index in [2.05, 4.69) is 4.74 Å². The van der Waals surface area contributed by atoms with Crippen molar-refractivity contribution in [3.05, 3.63) is 34.9 Å². The summed E-state index contributed by atoms with van der Waals surface area (Å²) in [7, 11) is 4.47. The molecule has 1 atom stereocenters. The minimum Gasteiger partial charge on any atom is -0.381 e. The summed E-state index contributed by atoms with van der Waals surface area (Å²) in [6.45, 7) is 0.436. The van der Waals surface area contributed by atoms with Crippen LogP contribution in [-0.2, 0) is 27.4 Å². The lowest BCUT2D eigenvalue weighted by Crippen LogP contribution is -2.22. The van der Waals surface area contributed by atoms with Gasteiger partial charge in [0.1, 0.15) is 0 Å². The molecule has 0 bridgehead atoms. The van der Waals surface area contributed by atoms with E-state index in [9.17, 15) is 9.18 Å². The van der Waals surface area contributed by atoms with Crippen LogP contribution in [0.4, 0.5) is 4.39 Å². The number of rotatable bonds is 8. The van der Waals surface area contributed by atoms with Gasteiger partial charge in [-0.1, -0.05) is 18.2 Å². The molecule has 0 saturated heterocycles. The van der Waals surface area contributed by atoms with Crippen LogP contribution < -0.4 is 0 Å². The maximum atomic E-state index is 13.6. The van der Waals surface area contributed by atoms with Gasteiger partial charge in [0.05, 0.1) is 19.8 Å². The predicted octanol–water partition coefficient (Wildman–Crippen LogP) is 2.15. The fourth-order valence-electron chi connectivity index (χ4n) is 1.81. The molecule has 0 N–H and O–H groups in total. The molecule has 0 heterocycles. The van der Waals surface area contributed by atoms with E-state index in [1.807, 2.05) is 0 Å². The quantitative estimate of drug-likeness (QED) is 0.679. The van der Waals surface area contributed by atoms with Crippen LogP contribution in [0.25, 0.3) is 0 Å².